The van der Waals surface area contributed by atoms with Gasteiger partial charge in [-0.05, 0) is 101 Å². The van der Waals surface area contributed by atoms with Gasteiger partial charge in [0.2, 0.25) is 0 Å². The minimum atomic E-state index is 0.641. The van der Waals surface area contributed by atoms with Crippen LogP contribution in [0.1, 0.15) is 0 Å². The molecule has 0 atom stereocenters. The molecule has 4 heteroatoms. The average Bonchev–Trinajstić information content (AvgIpc) is 3.69. The van der Waals surface area contributed by atoms with Crippen LogP contribution in [0.4, 0.5) is 0 Å². The van der Waals surface area contributed by atoms with Crippen molar-refractivity contribution in [2.24, 2.45) is 0 Å². The summed E-state index contributed by atoms with van der Waals surface area (Å²) in [5.41, 5.74) is 5.35. The molecule has 0 saturated heterocycles. The quantitative estimate of drug-likeness (QED) is 0.167. The lowest BCUT2D eigenvalue weighted by atomic mass is 9.89. The molecule has 282 valence electrons. The second kappa shape index (κ2) is 13.4. The van der Waals surface area contributed by atoms with Gasteiger partial charge >= 0.3 is 0 Å². The number of fused-ring (bicyclic) bond motifs is 12. The molecule has 13 aromatic rings. The molecular weight excluding hydrogens is 759 g/mol. The second-order valence-corrected chi connectivity index (χ2v) is 17.0. The van der Waals surface area contributed by atoms with E-state index in [1.807, 2.05) is 11.3 Å². The summed E-state index contributed by atoms with van der Waals surface area (Å²) >= 11 is 1.85. The van der Waals surface area contributed by atoms with Gasteiger partial charge in [0, 0.05) is 42.2 Å². The third-order valence-electron chi connectivity index (χ3n) is 12.4. The summed E-state index contributed by atoms with van der Waals surface area (Å²) in [5, 5.41) is 16.6. The fraction of sp³-hybridized carbons (Fsp3) is 0. The number of hydrogen-bond donors (Lipinski definition) is 0. The van der Waals surface area contributed by atoms with Gasteiger partial charge in [0.05, 0.1) is 0 Å². The Bertz CT molecular complexity index is 3940. The van der Waals surface area contributed by atoms with Crippen LogP contribution in [0.15, 0.2) is 200 Å². The predicted molar refractivity (Wildman–Crippen MR) is 259 cm³/mol. The summed E-state index contributed by atoms with van der Waals surface area (Å²) in [6.45, 7) is 0. The number of nitrogens with zero attached hydrogens (tertiary/aromatic N) is 3. The third kappa shape index (κ3) is 5.39. The van der Waals surface area contributed by atoms with Crippen LogP contribution in [0.5, 0.6) is 0 Å². The number of thiophene rings is 1. The van der Waals surface area contributed by atoms with Crippen molar-refractivity contribution in [3.8, 4) is 45.3 Å². The normalized spacial score (nSPS) is 11.9. The lowest BCUT2D eigenvalue weighted by molar-refractivity contribution is 1.08. The van der Waals surface area contributed by atoms with E-state index in [4.69, 9.17) is 15.0 Å². The van der Waals surface area contributed by atoms with E-state index in [2.05, 4.69) is 200 Å². The zero-order chi connectivity index (χ0) is 40.0. The van der Waals surface area contributed by atoms with Gasteiger partial charge in [0.15, 0.2) is 17.5 Å². The largest absolute Gasteiger partial charge is 0.208 e. The van der Waals surface area contributed by atoms with Crippen molar-refractivity contribution in [1.82, 2.24) is 15.0 Å². The zero-order valence-electron chi connectivity index (χ0n) is 32.8. The Morgan fingerprint density at radius 2 is 0.836 bits per heavy atom. The van der Waals surface area contributed by atoms with E-state index in [9.17, 15) is 0 Å². The molecule has 61 heavy (non-hydrogen) atoms. The molecule has 0 unspecified atom stereocenters. The molecule has 13 rings (SSSR count). The molecule has 0 aliphatic heterocycles. The molecule has 2 heterocycles. The van der Waals surface area contributed by atoms with Crippen LogP contribution in [-0.4, -0.2) is 15.0 Å². The van der Waals surface area contributed by atoms with Gasteiger partial charge in [-0.1, -0.05) is 170 Å². The smallest absolute Gasteiger partial charge is 0.165 e. The van der Waals surface area contributed by atoms with Crippen molar-refractivity contribution < 1.29 is 0 Å². The Kier molecular flexibility index (Phi) is 7.47. The molecule has 0 bridgehead atoms. The maximum Gasteiger partial charge on any atom is 0.165 e. The van der Waals surface area contributed by atoms with Crippen molar-refractivity contribution in [3.05, 3.63) is 200 Å². The van der Waals surface area contributed by atoms with Crippen LogP contribution in [0.25, 0.3) is 130 Å². The van der Waals surface area contributed by atoms with Gasteiger partial charge in [0.1, 0.15) is 0 Å². The molecule has 0 aliphatic rings. The Morgan fingerprint density at radius 1 is 0.279 bits per heavy atom. The highest BCUT2D eigenvalue weighted by Crippen LogP contribution is 2.49. The monoisotopic (exact) mass is 791 g/mol. The lowest BCUT2D eigenvalue weighted by Gasteiger charge is -2.17. The van der Waals surface area contributed by atoms with Crippen LogP contribution < -0.4 is 0 Å². The summed E-state index contributed by atoms with van der Waals surface area (Å²) in [6.07, 6.45) is 0. The molecule has 0 radical (unpaired) electrons. The Morgan fingerprint density at radius 3 is 1.62 bits per heavy atom. The summed E-state index contributed by atoms with van der Waals surface area (Å²) in [4.78, 5) is 16.5. The van der Waals surface area contributed by atoms with E-state index in [-0.39, 0.29) is 0 Å². The molecule has 0 spiro atoms. The molecule has 2 aromatic heterocycles. The van der Waals surface area contributed by atoms with Crippen LogP contribution in [0.3, 0.4) is 0 Å². The second-order valence-electron chi connectivity index (χ2n) is 15.9. The first-order chi connectivity index (χ1) is 30.2. The van der Waals surface area contributed by atoms with Gasteiger partial charge < -0.3 is 0 Å². The van der Waals surface area contributed by atoms with Crippen molar-refractivity contribution >= 4 is 96.1 Å². The Labute approximate surface area is 354 Å². The summed E-state index contributed by atoms with van der Waals surface area (Å²) in [6, 6.07) is 72.2. The van der Waals surface area contributed by atoms with Gasteiger partial charge in [-0.15, -0.1) is 11.3 Å². The number of benzene rings is 11. The van der Waals surface area contributed by atoms with E-state index < -0.39 is 0 Å². The molecule has 3 nitrogen and oxygen atoms in total. The standard InChI is InChI=1S/C57H33N3S/c1-2-13-34(14-3-1)38-25-26-40-30-41(28-27-39(40)29-38)55-58-56(47-24-12-18-35-15-6-7-19-42(35)47)60-57(59-55)54-52-46-23-11-10-21-44(46)43-20-8-9-22-45(43)48(52)33-51-53(54)49-31-36-16-4-5-17-37(36)32-50(49)61-51/h1-33H. The van der Waals surface area contributed by atoms with Gasteiger partial charge in [-0.3, -0.25) is 0 Å². The molecule has 0 amide bonds. The molecule has 0 aliphatic carbocycles. The van der Waals surface area contributed by atoms with Gasteiger partial charge in [-0.25, -0.2) is 15.0 Å². The van der Waals surface area contributed by atoms with Crippen LogP contribution in [-0.2, 0) is 0 Å². The SMILES string of the molecule is c1ccc(-c2ccc3cc(-c4nc(-c5cccc6ccccc56)nc(-c5c6c(cc7c8ccccc8c8ccccc8c57)sc5cc7ccccc7cc56)n4)ccc3c2)cc1. The summed E-state index contributed by atoms with van der Waals surface area (Å²) in [7, 11) is 0. The van der Waals surface area contributed by atoms with Crippen molar-refractivity contribution in [2.75, 3.05) is 0 Å². The highest BCUT2D eigenvalue weighted by atomic mass is 32.1. The molecule has 0 saturated carbocycles. The molecular formula is C57H33N3S. The minimum absolute atomic E-state index is 0.641. The Balaban J connectivity index is 1.17. The molecule has 0 N–H and O–H groups in total. The number of aromatic nitrogens is 3. The molecule has 11 aromatic carbocycles. The third-order valence-corrected chi connectivity index (χ3v) is 13.5. The molecule has 0 fully saturated rings. The van der Waals surface area contributed by atoms with Gasteiger partial charge in [-0.2, -0.15) is 0 Å². The van der Waals surface area contributed by atoms with E-state index in [0.717, 1.165) is 38.2 Å². The minimum Gasteiger partial charge on any atom is -0.208 e. The predicted octanol–water partition coefficient (Wildman–Crippen LogP) is 15.8. The first-order valence-electron chi connectivity index (χ1n) is 20.7. The maximum atomic E-state index is 5.58. The van der Waals surface area contributed by atoms with Crippen LogP contribution >= 0.6 is 11.3 Å². The summed E-state index contributed by atoms with van der Waals surface area (Å²) in [5.74, 6) is 1.95. The van der Waals surface area contributed by atoms with E-state index >= 15 is 0 Å². The van der Waals surface area contributed by atoms with Crippen molar-refractivity contribution in [1.29, 1.82) is 0 Å². The lowest BCUT2D eigenvalue weighted by Crippen LogP contribution is -2.02. The van der Waals surface area contributed by atoms with E-state index in [0.29, 0.717) is 17.5 Å². The van der Waals surface area contributed by atoms with E-state index in [1.54, 1.807) is 0 Å². The average molecular weight is 792 g/mol. The van der Waals surface area contributed by atoms with Crippen LogP contribution in [0, 0.1) is 0 Å². The van der Waals surface area contributed by atoms with E-state index in [1.165, 1.54) is 74.4 Å². The topological polar surface area (TPSA) is 38.7 Å². The van der Waals surface area contributed by atoms with Crippen molar-refractivity contribution in [2.45, 2.75) is 0 Å². The highest BCUT2D eigenvalue weighted by molar-refractivity contribution is 7.26. The first-order valence-corrected chi connectivity index (χ1v) is 21.5. The fourth-order valence-corrected chi connectivity index (χ4v) is 10.8. The zero-order valence-corrected chi connectivity index (χ0v) is 33.6. The van der Waals surface area contributed by atoms with Crippen LogP contribution in [0.2, 0.25) is 0 Å². The van der Waals surface area contributed by atoms with Gasteiger partial charge in [0.25, 0.3) is 0 Å². The maximum absolute atomic E-state index is 5.58. The fourth-order valence-electron chi connectivity index (χ4n) is 9.58. The highest BCUT2D eigenvalue weighted by Gasteiger charge is 2.24. The number of hydrogen-bond acceptors (Lipinski definition) is 4. The summed E-state index contributed by atoms with van der Waals surface area (Å²) < 4.78 is 2.45. The first kappa shape index (κ1) is 34.1. The Hall–Kier alpha value is -7.79. The number of rotatable bonds is 4. The van der Waals surface area contributed by atoms with Crippen molar-refractivity contribution in [3.63, 3.8) is 0 Å².